The predicted molar refractivity (Wildman–Crippen MR) is 43.7 cm³/mol. The second-order valence-electron chi connectivity index (χ2n) is 2.32. The summed E-state index contributed by atoms with van der Waals surface area (Å²) in [6.45, 7) is 1.61. The predicted octanol–water partition coefficient (Wildman–Crippen LogP) is 0.793. The molecule has 11 heavy (non-hydrogen) atoms. The van der Waals surface area contributed by atoms with Crippen LogP contribution in [0.4, 0.5) is 0 Å². The lowest BCUT2D eigenvalue weighted by atomic mass is 10.4. The number of rotatable bonds is 5. The second-order valence-corrected chi connectivity index (χ2v) is 2.32. The van der Waals surface area contributed by atoms with Crippen LogP contribution in [0.3, 0.4) is 0 Å². The Balaban J connectivity index is 3.27. The van der Waals surface area contributed by atoms with Crippen LogP contribution in [-0.2, 0) is 0 Å². The van der Waals surface area contributed by atoms with Crippen molar-refractivity contribution in [1.82, 2.24) is 4.90 Å². The molecule has 0 atom stereocenters. The van der Waals surface area contributed by atoms with Crippen LogP contribution in [0, 0.1) is 4.91 Å². The zero-order valence-electron chi connectivity index (χ0n) is 6.82. The van der Waals surface area contributed by atoms with E-state index in [0.717, 1.165) is 13.0 Å². The van der Waals surface area contributed by atoms with Crippen molar-refractivity contribution < 1.29 is 0 Å². The number of nitroso groups, excluding NO2 is 1. The molecule has 0 unspecified atom stereocenters. The lowest BCUT2D eigenvalue weighted by Gasteiger charge is -2.05. The van der Waals surface area contributed by atoms with Crippen molar-refractivity contribution in [2.75, 3.05) is 27.2 Å². The summed E-state index contributed by atoms with van der Waals surface area (Å²) in [5.74, 6) is 0. The van der Waals surface area contributed by atoms with Gasteiger partial charge >= 0.3 is 0 Å². The summed E-state index contributed by atoms with van der Waals surface area (Å²) in [5, 5.41) is 5.16. The van der Waals surface area contributed by atoms with Gasteiger partial charge in [0, 0.05) is 0 Å². The minimum absolute atomic E-state index is 0.636. The third kappa shape index (κ3) is 8.94. The van der Waals surface area contributed by atoms with E-state index in [4.69, 9.17) is 0 Å². The third-order valence-electron chi connectivity index (χ3n) is 1.03. The fourth-order valence-corrected chi connectivity index (χ4v) is 0.566. The summed E-state index contributed by atoms with van der Waals surface area (Å²) >= 11 is 0. The van der Waals surface area contributed by atoms with E-state index < -0.39 is 0 Å². The second kappa shape index (κ2) is 7.05. The van der Waals surface area contributed by atoms with E-state index in [1.807, 2.05) is 14.1 Å². The Morgan fingerprint density at radius 1 is 1.45 bits per heavy atom. The van der Waals surface area contributed by atoms with E-state index in [1.165, 1.54) is 0 Å². The number of hydrogen-bond acceptors (Lipinski definition) is 4. The summed E-state index contributed by atoms with van der Waals surface area (Å²) in [5.41, 5.74) is 0. The van der Waals surface area contributed by atoms with E-state index in [2.05, 4.69) is 26.3 Å². The monoisotopic (exact) mass is 156 g/mol. The molecular formula is C6H12N4O. The summed E-state index contributed by atoms with van der Waals surface area (Å²) in [6, 6.07) is 2.16. The maximum atomic E-state index is 9.40. The largest absolute Gasteiger partial charge is 0.309 e. The van der Waals surface area contributed by atoms with E-state index in [9.17, 15) is 4.91 Å². The summed E-state index contributed by atoms with van der Waals surface area (Å²) in [7, 11) is 3.98. The van der Waals surface area contributed by atoms with Gasteiger partial charge in [-0.3, -0.25) is 0 Å². The lowest BCUT2D eigenvalue weighted by molar-refractivity contribution is 0.403. The first-order chi connectivity index (χ1) is 5.27. The smallest absolute Gasteiger partial charge is 0.120 e. The van der Waals surface area contributed by atoms with Gasteiger partial charge < -0.3 is 4.90 Å². The summed E-state index contributed by atoms with van der Waals surface area (Å²) in [4.78, 5) is 15.2. The minimum atomic E-state index is 0.636. The molecule has 0 radical (unpaired) electrons. The molecule has 0 bridgehead atoms. The van der Waals surface area contributed by atoms with Crippen molar-refractivity contribution in [2.45, 2.75) is 6.42 Å². The molecule has 62 valence electrons. The van der Waals surface area contributed by atoms with Crippen molar-refractivity contribution in [2.24, 2.45) is 15.4 Å². The van der Waals surface area contributed by atoms with E-state index in [1.54, 1.807) is 0 Å². The highest BCUT2D eigenvalue weighted by Crippen LogP contribution is 1.82. The van der Waals surface area contributed by atoms with Gasteiger partial charge in [0.1, 0.15) is 6.01 Å². The number of aliphatic imine (C=N–C) groups is 1. The molecule has 0 aromatic carbocycles. The van der Waals surface area contributed by atoms with Crippen LogP contribution in [0.5, 0.6) is 0 Å². The molecule has 0 aromatic rings. The first kappa shape index (κ1) is 9.94. The number of hydrogen-bond donors (Lipinski definition) is 0. The van der Waals surface area contributed by atoms with Gasteiger partial charge in [0.15, 0.2) is 0 Å². The molecule has 0 amide bonds. The normalized spacial score (nSPS) is 9.00. The fourth-order valence-electron chi connectivity index (χ4n) is 0.566. The van der Waals surface area contributed by atoms with Crippen molar-refractivity contribution in [3.63, 3.8) is 0 Å². The van der Waals surface area contributed by atoms with Crippen LogP contribution in [0.15, 0.2) is 15.4 Å². The molecule has 0 saturated carbocycles. The highest BCUT2D eigenvalue weighted by Gasteiger charge is 1.86. The van der Waals surface area contributed by atoms with Gasteiger partial charge in [-0.15, -0.1) is 4.91 Å². The molecule has 0 aliphatic rings. The maximum Gasteiger partial charge on any atom is 0.120 e. The van der Waals surface area contributed by atoms with Gasteiger partial charge in [0.05, 0.1) is 11.8 Å². The molecule has 0 aliphatic carbocycles. The average Bonchev–Trinajstić information content (AvgIpc) is 1.96. The highest BCUT2D eigenvalue weighted by atomic mass is 16.3. The zero-order valence-corrected chi connectivity index (χ0v) is 6.82. The van der Waals surface area contributed by atoms with Crippen LogP contribution in [0.2, 0.25) is 0 Å². The fraction of sp³-hybridized carbons (Fsp3) is 0.833. The molecule has 0 saturated heterocycles. The minimum Gasteiger partial charge on any atom is -0.309 e. The first-order valence-electron chi connectivity index (χ1n) is 3.36. The summed E-state index contributed by atoms with van der Waals surface area (Å²) < 4.78 is 0. The molecule has 0 aromatic heterocycles. The van der Waals surface area contributed by atoms with E-state index in [-0.39, 0.29) is 0 Å². The van der Waals surface area contributed by atoms with Crippen molar-refractivity contribution in [3.8, 4) is 0 Å². The molecule has 5 nitrogen and oxygen atoms in total. The Hall–Kier alpha value is -1.06. The van der Waals surface area contributed by atoms with Crippen molar-refractivity contribution in [1.29, 1.82) is 0 Å². The Bertz CT molecular complexity index is 160. The Kier molecular flexibility index (Phi) is 6.37. The molecule has 0 N–H and O–H groups in total. The van der Waals surface area contributed by atoms with Gasteiger partial charge in [-0.1, -0.05) is 0 Å². The van der Waals surface area contributed by atoms with Gasteiger partial charge in [-0.25, -0.2) is 4.99 Å². The number of nitrogens with zero attached hydrogens (tertiary/aromatic N) is 4. The Morgan fingerprint density at radius 2 is 2.18 bits per heavy atom. The third-order valence-corrected chi connectivity index (χ3v) is 1.03. The molecule has 0 fully saturated rings. The Morgan fingerprint density at radius 3 is 2.73 bits per heavy atom. The van der Waals surface area contributed by atoms with Gasteiger partial charge in [0.2, 0.25) is 0 Å². The molecule has 5 heteroatoms. The van der Waals surface area contributed by atoms with E-state index >= 15 is 0 Å². The SMILES string of the molecule is CN(C)CCCN=C=NN=O. The van der Waals surface area contributed by atoms with Crippen LogP contribution >= 0.6 is 0 Å². The van der Waals surface area contributed by atoms with Crippen molar-refractivity contribution >= 4 is 6.01 Å². The van der Waals surface area contributed by atoms with Gasteiger partial charge in [-0.05, 0) is 32.2 Å². The molecule has 0 spiro atoms. The first-order valence-corrected chi connectivity index (χ1v) is 3.36. The quantitative estimate of drug-likeness (QED) is 0.256. The zero-order chi connectivity index (χ0) is 8.53. The molecule has 0 heterocycles. The van der Waals surface area contributed by atoms with Crippen LogP contribution in [0.1, 0.15) is 6.42 Å². The summed E-state index contributed by atoms with van der Waals surface area (Å²) in [6.07, 6.45) is 0.939. The Labute approximate surface area is 65.8 Å². The van der Waals surface area contributed by atoms with Gasteiger partial charge in [0.25, 0.3) is 0 Å². The van der Waals surface area contributed by atoms with E-state index in [0.29, 0.717) is 6.54 Å². The topological polar surface area (TPSA) is 57.4 Å². The lowest BCUT2D eigenvalue weighted by Crippen LogP contribution is -2.13. The standard InChI is InChI=1S/C6H12N4O/c1-10(2)5-3-4-7-6-8-9-11/h3-5H2,1-2H3. The molecule has 0 rings (SSSR count). The molecule has 0 aliphatic heterocycles. The maximum absolute atomic E-state index is 9.40. The molecular weight excluding hydrogens is 144 g/mol. The van der Waals surface area contributed by atoms with Crippen LogP contribution < -0.4 is 0 Å². The van der Waals surface area contributed by atoms with Crippen LogP contribution in [0.25, 0.3) is 0 Å². The van der Waals surface area contributed by atoms with Gasteiger partial charge in [-0.2, -0.15) is 0 Å². The average molecular weight is 156 g/mol. The van der Waals surface area contributed by atoms with Crippen LogP contribution in [-0.4, -0.2) is 38.1 Å². The van der Waals surface area contributed by atoms with Crippen molar-refractivity contribution in [3.05, 3.63) is 4.91 Å². The highest BCUT2D eigenvalue weighted by molar-refractivity contribution is 5.40.